The number of aliphatic imine (C=N–C) groups is 1. The van der Waals surface area contributed by atoms with Crippen molar-refractivity contribution in [3.63, 3.8) is 0 Å². The summed E-state index contributed by atoms with van der Waals surface area (Å²) in [5.74, 6) is 4.97. The predicted molar refractivity (Wildman–Crippen MR) is 123 cm³/mol. The van der Waals surface area contributed by atoms with E-state index in [1.807, 2.05) is 0 Å². The van der Waals surface area contributed by atoms with Crippen LogP contribution in [-0.2, 0) is 11.3 Å². The number of ether oxygens (including phenoxy) is 1. The minimum absolute atomic E-state index is 0.0281. The number of hydrazone groups is 1. The van der Waals surface area contributed by atoms with Crippen LogP contribution in [-0.4, -0.2) is 70.5 Å². The Morgan fingerprint density at radius 2 is 2.25 bits per heavy atom. The van der Waals surface area contributed by atoms with Gasteiger partial charge in [-0.3, -0.25) is 9.67 Å². The van der Waals surface area contributed by atoms with Crippen molar-refractivity contribution in [1.29, 1.82) is 0 Å². The summed E-state index contributed by atoms with van der Waals surface area (Å²) in [5, 5.41) is 19.0. The van der Waals surface area contributed by atoms with E-state index < -0.39 is 24.9 Å². The molecule has 0 aromatic carbocycles. The summed E-state index contributed by atoms with van der Waals surface area (Å²) in [7, 11) is 0. The van der Waals surface area contributed by atoms with E-state index in [9.17, 15) is 13.9 Å². The summed E-state index contributed by atoms with van der Waals surface area (Å²) >= 11 is 0. The first kappa shape index (κ1) is 27.1. The summed E-state index contributed by atoms with van der Waals surface area (Å²) in [6, 6.07) is 0. The second-order valence-electron chi connectivity index (χ2n) is 7.00. The Morgan fingerprint density at radius 1 is 1.44 bits per heavy atom. The number of aryl methyl sites for hydroxylation is 1. The Hall–Kier alpha value is -2.98. The van der Waals surface area contributed by atoms with Crippen LogP contribution < -0.4 is 5.84 Å². The lowest BCUT2D eigenvalue weighted by molar-refractivity contribution is 0.00215. The summed E-state index contributed by atoms with van der Waals surface area (Å²) in [6.07, 6.45) is 14.2. The average molecular weight is 451 g/mol. The number of nitrogens with zero attached hydrogens (tertiary/aromatic N) is 5. The number of aliphatic hydroxyl groups is 1. The van der Waals surface area contributed by atoms with Gasteiger partial charge in [0.15, 0.2) is 0 Å². The zero-order chi connectivity index (χ0) is 23.7. The molecule has 8 nitrogen and oxygen atoms in total. The van der Waals surface area contributed by atoms with Gasteiger partial charge in [-0.25, -0.2) is 13.8 Å². The van der Waals surface area contributed by atoms with Gasteiger partial charge < -0.3 is 15.7 Å². The van der Waals surface area contributed by atoms with Crippen molar-refractivity contribution >= 4 is 11.9 Å². The fourth-order valence-corrected chi connectivity index (χ4v) is 2.62. The van der Waals surface area contributed by atoms with Crippen LogP contribution in [0.4, 0.5) is 8.78 Å². The maximum absolute atomic E-state index is 13.0. The molecule has 0 bridgehead atoms. The number of allylic oxidation sites excluding steroid dienone is 5. The van der Waals surface area contributed by atoms with E-state index in [4.69, 9.17) is 10.6 Å². The highest BCUT2D eigenvalue weighted by molar-refractivity contribution is 6.31. The largest absolute Gasteiger partial charge is 0.387 e. The number of alkyl halides is 2. The first-order valence-electron chi connectivity index (χ1n) is 10.1. The third kappa shape index (κ3) is 10.4. The third-order valence-corrected chi connectivity index (χ3v) is 4.69. The lowest BCUT2D eigenvalue weighted by atomic mass is 9.85. The molecule has 0 aliphatic heterocycles. The van der Waals surface area contributed by atoms with Crippen LogP contribution in [0.3, 0.4) is 0 Å². The van der Waals surface area contributed by atoms with Crippen LogP contribution in [0.1, 0.15) is 13.3 Å². The van der Waals surface area contributed by atoms with E-state index >= 15 is 0 Å². The van der Waals surface area contributed by atoms with E-state index in [-0.39, 0.29) is 18.7 Å². The Kier molecular flexibility index (Phi) is 13.3. The van der Waals surface area contributed by atoms with Gasteiger partial charge in [-0.1, -0.05) is 43.9 Å². The molecule has 0 spiro atoms. The van der Waals surface area contributed by atoms with Crippen LogP contribution in [0.25, 0.3) is 0 Å². The van der Waals surface area contributed by atoms with Gasteiger partial charge in [0.25, 0.3) is 0 Å². The Labute approximate surface area is 187 Å². The van der Waals surface area contributed by atoms with Crippen molar-refractivity contribution in [2.45, 2.75) is 25.5 Å². The molecule has 1 heterocycles. The summed E-state index contributed by atoms with van der Waals surface area (Å²) in [5.41, 5.74) is -0.672. The number of halogens is 2. The minimum Gasteiger partial charge on any atom is -0.387 e. The van der Waals surface area contributed by atoms with E-state index in [0.717, 1.165) is 6.08 Å². The fourth-order valence-electron chi connectivity index (χ4n) is 2.62. The summed E-state index contributed by atoms with van der Waals surface area (Å²) in [6.45, 7) is 4.76. The van der Waals surface area contributed by atoms with Gasteiger partial charge in [-0.15, -0.1) is 0 Å². The monoisotopic (exact) mass is 450 g/mol. The molecule has 3 N–H and O–H groups in total. The molecule has 1 aromatic rings. The van der Waals surface area contributed by atoms with Gasteiger partial charge >= 0.3 is 0 Å². The molecule has 0 radical (unpaired) electrons. The Bertz CT molecular complexity index is 805. The van der Waals surface area contributed by atoms with E-state index in [2.05, 4.69) is 26.8 Å². The van der Waals surface area contributed by atoms with Gasteiger partial charge in [0, 0.05) is 18.7 Å². The van der Waals surface area contributed by atoms with Gasteiger partial charge in [0.05, 0.1) is 25.4 Å². The second-order valence-corrected chi connectivity index (χ2v) is 7.00. The summed E-state index contributed by atoms with van der Waals surface area (Å²) in [4.78, 5) is 8.20. The van der Waals surface area contributed by atoms with Gasteiger partial charge in [0.2, 0.25) is 0 Å². The van der Waals surface area contributed by atoms with E-state index in [0.29, 0.717) is 25.3 Å². The SMILES string of the molecule is C=C/C=C/COCC(C=NCC(O)(CCn1cncn1)C(C)/C=C\C(=C/CF)CF)=NN. The molecular weight excluding hydrogens is 418 g/mol. The standard InChI is InChI=1S/C22H32F2N6O2/c1-3-4-5-12-32-15-21(29-25)14-26-16-22(31,9-11-30-18-27-17-28-30)19(2)6-7-20(13-24)8-10-23/h3-8,14,17-19,31H,1,9-13,15-16,25H2,2H3/b5-4+,7-6-,20-8+,26-14?,29-21?. The van der Waals surface area contributed by atoms with E-state index in [1.54, 1.807) is 42.2 Å². The van der Waals surface area contributed by atoms with Crippen LogP contribution in [0, 0.1) is 5.92 Å². The Morgan fingerprint density at radius 3 is 2.88 bits per heavy atom. The molecular formula is C22H32F2N6O2. The molecule has 10 heteroatoms. The summed E-state index contributed by atoms with van der Waals surface area (Å²) < 4.78 is 32.5. The van der Waals surface area contributed by atoms with Crippen molar-refractivity contribution in [2.24, 2.45) is 21.9 Å². The molecule has 1 aromatic heterocycles. The number of aromatic nitrogens is 3. The molecule has 2 atom stereocenters. The predicted octanol–water partition coefficient (Wildman–Crippen LogP) is 2.60. The van der Waals surface area contributed by atoms with Crippen molar-refractivity contribution < 1.29 is 18.6 Å². The molecule has 32 heavy (non-hydrogen) atoms. The molecule has 0 aliphatic rings. The van der Waals surface area contributed by atoms with Crippen LogP contribution in [0.15, 0.2) is 71.4 Å². The second kappa shape index (κ2) is 15.8. The van der Waals surface area contributed by atoms with Gasteiger partial charge in [-0.2, -0.15) is 10.2 Å². The topological polar surface area (TPSA) is 111 Å². The molecule has 176 valence electrons. The number of hydrogen-bond donors (Lipinski definition) is 2. The number of nitrogens with two attached hydrogens (primary N) is 1. The number of rotatable bonds is 16. The first-order chi connectivity index (χ1) is 15.5. The molecule has 0 saturated carbocycles. The number of hydrogen-bond acceptors (Lipinski definition) is 7. The molecule has 0 aliphatic carbocycles. The van der Waals surface area contributed by atoms with Crippen molar-refractivity contribution in [3.05, 3.63) is 61.3 Å². The highest BCUT2D eigenvalue weighted by Gasteiger charge is 2.32. The molecule has 1 rings (SSSR count). The lowest BCUT2D eigenvalue weighted by Gasteiger charge is -2.31. The van der Waals surface area contributed by atoms with Crippen molar-refractivity contribution in [3.8, 4) is 0 Å². The molecule has 0 amide bonds. The molecule has 2 unspecified atom stereocenters. The fraction of sp³-hybridized carbons (Fsp3) is 0.455. The average Bonchev–Trinajstić information content (AvgIpc) is 3.32. The maximum atomic E-state index is 13.0. The normalized spacial score (nSPS) is 16.2. The van der Waals surface area contributed by atoms with Gasteiger partial charge in [0.1, 0.15) is 31.7 Å². The first-order valence-corrected chi connectivity index (χ1v) is 10.1. The molecule has 0 fully saturated rings. The van der Waals surface area contributed by atoms with Crippen molar-refractivity contribution in [1.82, 2.24) is 14.8 Å². The van der Waals surface area contributed by atoms with Gasteiger partial charge in [-0.05, 0) is 18.1 Å². The van der Waals surface area contributed by atoms with Crippen molar-refractivity contribution in [2.75, 3.05) is 33.1 Å². The van der Waals surface area contributed by atoms with E-state index in [1.165, 1.54) is 18.6 Å². The highest BCUT2D eigenvalue weighted by Crippen LogP contribution is 2.25. The zero-order valence-electron chi connectivity index (χ0n) is 18.4. The zero-order valence-corrected chi connectivity index (χ0v) is 18.4. The lowest BCUT2D eigenvalue weighted by Crippen LogP contribution is -2.40. The highest BCUT2D eigenvalue weighted by atomic mass is 19.1. The van der Waals surface area contributed by atoms with Crippen LogP contribution in [0.5, 0.6) is 0 Å². The quantitative estimate of drug-likeness (QED) is 0.132. The minimum atomic E-state index is -1.29. The third-order valence-electron chi connectivity index (χ3n) is 4.69. The Balaban J connectivity index is 2.85. The smallest absolute Gasteiger partial charge is 0.137 e. The van der Waals surface area contributed by atoms with Crippen LogP contribution in [0.2, 0.25) is 0 Å². The maximum Gasteiger partial charge on any atom is 0.137 e. The molecule has 0 saturated heterocycles. The van der Waals surface area contributed by atoms with Crippen LogP contribution >= 0.6 is 0 Å².